The number of amides is 2. The topological polar surface area (TPSA) is 99.7 Å². The number of alkyl carbamates (subject to hydrolysis) is 1. The van der Waals surface area contributed by atoms with Crippen LogP contribution in [0.3, 0.4) is 0 Å². The summed E-state index contributed by atoms with van der Waals surface area (Å²) in [6.07, 6.45) is 0.487. The third kappa shape index (κ3) is 7.97. The molecule has 1 saturated heterocycles. The number of benzene rings is 1. The molecule has 0 aliphatic carbocycles. The number of hydrogen-bond donors (Lipinski definition) is 4. The van der Waals surface area contributed by atoms with Gasteiger partial charge in [0.2, 0.25) is 5.91 Å². The van der Waals surface area contributed by atoms with Gasteiger partial charge in [-0.2, -0.15) is 0 Å². The van der Waals surface area contributed by atoms with E-state index < -0.39 is 23.8 Å². The normalized spacial score (nSPS) is 19.3. The highest BCUT2D eigenvalue weighted by Gasteiger charge is 2.26. The second kappa shape index (κ2) is 9.71. The van der Waals surface area contributed by atoms with Crippen LogP contribution in [-0.4, -0.2) is 54.0 Å². The quantitative estimate of drug-likeness (QED) is 0.548. The number of carbonyl (C=O) groups excluding carboxylic acids is 2. The lowest BCUT2D eigenvalue weighted by Gasteiger charge is -2.27. The minimum atomic E-state index is -0.796. The van der Waals surface area contributed by atoms with Gasteiger partial charge in [0.25, 0.3) is 0 Å². The fourth-order valence-electron chi connectivity index (χ4n) is 2.99. The fourth-order valence-corrected chi connectivity index (χ4v) is 2.99. The molecule has 0 spiro atoms. The third-order valence-electron chi connectivity index (χ3n) is 4.29. The van der Waals surface area contributed by atoms with Gasteiger partial charge in [-0.1, -0.05) is 30.3 Å². The summed E-state index contributed by atoms with van der Waals surface area (Å²) < 4.78 is 5.32. The predicted molar refractivity (Wildman–Crippen MR) is 103 cm³/mol. The van der Waals surface area contributed by atoms with Crippen molar-refractivity contribution >= 4 is 12.0 Å². The van der Waals surface area contributed by atoms with Crippen LogP contribution in [0.5, 0.6) is 0 Å². The highest BCUT2D eigenvalue weighted by Crippen LogP contribution is 2.10. The molecule has 4 N–H and O–H groups in total. The SMILES string of the molecule is CC(C)(C)OC(=O)N[C@@H](Cc1ccccc1)[C@H](O)CNCC1CCC(=O)N1. The number of aliphatic hydroxyl groups excluding tert-OH is 1. The standard InChI is InChI=1S/C20H31N3O4/c1-20(2,3)27-19(26)23-16(11-14-7-5-4-6-8-14)17(24)13-21-12-15-9-10-18(25)22-15/h4-8,15-17,21,24H,9-13H2,1-3H3,(H,22,25)(H,23,26)/t15?,16-,17+/m0/s1. The van der Waals surface area contributed by atoms with Crippen molar-refractivity contribution in [2.45, 2.75) is 63.8 Å². The van der Waals surface area contributed by atoms with Crippen LogP contribution < -0.4 is 16.0 Å². The molecule has 1 aliphatic rings. The number of ether oxygens (including phenoxy) is 1. The molecule has 0 bridgehead atoms. The molecule has 3 atom stereocenters. The summed E-state index contributed by atoms with van der Waals surface area (Å²) in [6.45, 7) is 6.29. The van der Waals surface area contributed by atoms with E-state index in [1.807, 2.05) is 30.3 Å². The zero-order valence-electron chi connectivity index (χ0n) is 16.3. The van der Waals surface area contributed by atoms with Crippen molar-refractivity contribution in [3.8, 4) is 0 Å². The van der Waals surface area contributed by atoms with Crippen LogP contribution in [0.4, 0.5) is 4.79 Å². The lowest BCUT2D eigenvalue weighted by molar-refractivity contribution is -0.119. The van der Waals surface area contributed by atoms with Crippen molar-refractivity contribution < 1.29 is 19.4 Å². The van der Waals surface area contributed by atoms with Gasteiger partial charge in [0.05, 0.1) is 12.1 Å². The maximum atomic E-state index is 12.2. The van der Waals surface area contributed by atoms with Crippen LogP contribution in [0, 0.1) is 0 Å². The molecule has 2 amide bonds. The van der Waals surface area contributed by atoms with Gasteiger partial charge in [-0.3, -0.25) is 4.79 Å². The molecule has 1 aromatic rings. The summed E-state index contributed by atoms with van der Waals surface area (Å²) in [7, 11) is 0. The van der Waals surface area contributed by atoms with Gasteiger partial charge < -0.3 is 25.8 Å². The fraction of sp³-hybridized carbons (Fsp3) is 0.600. The van der Waals surface area contributed by atoms with Crippen molar-refractivity contribution in [1.29, 1.82) is 0 Å². The highest BCUT2D eigenvalue weighted by molar-refractivity contribution is 5.78. The Labute approximate surface area is 160 Å². The molecule has 1 unspecified atom stereocenters. The zero-order chi connectivity index (χ0) is 19.9. The number of aliphatic hydroxyl groups is 1. The molecule has 0 saturated carbocycles. The molecule has 1 fully saturated rings. The lowest BCUT2D eigenvalue weighted by atomic mass is 10.0. The number of hydrogen-bond acceptors (Lipinski definition) is 5. The molecule has 1 heterocycles. The summed E-state index contributed by atoms with van der Waals surface area (Å²) in [5, 5.41) is 19.5. The average Bonchev–Trinajstić information content (AvgIpc) is 2.98. The molecular weight excluding hydrogens is 346 g/mol. The van der Waals surface area contributed by atoms with E-state index in [4.69, 9.17) is 4.74 Å². The molecular formula is C20H31N3O4. The number of nitrogens with one attached hydrogen (secondary N) is 3. The van der Waals surface area contributed by atoms with Crippen LogP contribution in [0.25, 0.3) is 0 Å². The second-order valence-electron chi connectivity index (χ2n) is 7.97. The summed E-state index contributed by atoms with van der Waals surface area (Å²) in [4.78, 5) is 23.4. The number of carbonyl (C=O) groups is 2. The maximum Gasteiger partial charge on any atom is 0.407 e. The Balaban J connectivity index is 1.90. The zero-order valence-corrected chi connectivity index (χ0v) is 16.3. The van der Waals surface area contributed by atoms with E-state index in [2.05, 4.69) is 16.0 Å². The molecule has 1 aliphatic heterocycles. The van der Waals surface area contributed by atoms with Crippen LogP contribution in [0.1, 0.15) is 39.2 Å². The molecule has 1 aromatic carbocycles. The first-order valence-electron chi connectivity index (χ1n) is 9.44. The Morgan fingerprint density at radius 2 is 2.04 bits per heavy atom. The number of rotatable bonds is 8. The van der Waals surface area contributed by atoms with Crippen LogP contribution >= 0.6 is 0 Å². The molecule has 0 radical (unpaired) electrons. The predicted octanol–water partition coefficient (Wildman–Crippen LogP) is 1.35. The van der Waals surface area contributed by atoms with E-state index in [1.165, 1.54) is 0 Å². The van der Waals surface area contributed by atoms with Gasteiger partial charge in [-0.15, -0.1) is 0 Å². The Morgan fingerprint density at radius 1 is 1.33 bits per heavy atom. The van der Waals surface area contributed by atoms with Crippen LogP contribution in [0.2, 0.25) is 0 Å². The van der Waals surface area contributed by atoms with Gasteiger partial charge in [0.15, 0.2) is 0 Å². The Kier molecular flexibility index (Phi) is 7.62. The van der Waals surface area contributed by atoms with Gasteiger partial charge in [0.1, 0.15) is 5.60 Å². The third-order valence-corrected chi connectivity index (χ3v) is 4.29. The van der Waals surface area contributed by atoms with Gasteiger partial charge in [0, 0.05) is 25.6 Å². The van der Waals surface area contributed by atoms with Gasteiger partial charge in [-0.05, 0) is 39.2 Å². The summed E-state index contributed by atoms with van der Waals surface area (Å²) >= 11 is 0. The molecule has 0 aromatic heterocycles. The van der Waals surface area contributed by atoms with Crippen molar-refractivity contribution in [1.82, 2.24) is 16.0 Å². The molecule has 7 heteroatoms. The van der Waals surface area contributed by atoms with Crippen molar-refractivity contribution in [3.05, 3.63) is 35.9 Å². The van der Waals surface area contributed by atoms with Crippen molar-refractivity contribution in [2.24, 2.45) is 0 Å². The molecule has 27 heavy (non-hydrogen) atoms. The van der Waals surface area contributed by atoms with E-state index in [-0.39, 0.29) is 11.9 Å². The van der Waals surface area contributed by atoms with E-state index in [1.54, 1.807) is 20.8 Å². The summed E-state index contributed by atoms with van der Waals surface area (Å²) in [6, 6.07) is 9.29. The second-order valence-corrected chi connectivity index (χ2v) is 7.97. The van der Waals surface area contributed by atoms with E-state index in [9.17, 15) is 14.7 Å². The van der Waals surface area contributed by atoms with Crippen LogP contribution in [0.15, 0.2) is 30.3 Å². The van der Waals surface area contributed by atoms with Crippen LogP contribution in [-0.2, 0) is 16.0 Å². The van der Waals surface area contributed by atoms with Crippen molar-refractivity contribution in [2.75, 3.05) is 13.1 Å². The lowest BCUT2D eigenvalue weighted by Crippen LogP contribution is -2.51. The Hall–Kier alpha value is -2.12. The summed E-state index contributed by atoms with van der Waals surface area (Å²) in [5.74, 6) is 0.0656. The van der Waals surface area contributed by atoms with Gasteiger partial charge >= 0.3 is 6.09 Å². The van der Waals surface area contributed by atoms with Gasteiger partial charge in [-0.25, -0.2) is 4.79 Å². The molecule has 7 nitrogen and oxygen atoms in total. The smallest absolute Gasteiger partial charge is 0.407 e. The Morgan fingerprint density at radius 3 is 2.63 bits per heavy atom. The first-order valence-corrected chi connectivity index (χ1v) is 9.44. The van der Waals surface area contributed by atoms with Crippen molar-refractivity contribution in [3.63, 3.8) is 0 Å². The highest BCUT2D eigenvalue weighted by atomic mass is 16.6. The van der Waals surface area contributed by atoms with E-state index >= 15 is 0 Å². The summed E-state index contributed by atoms with van der Waals surface area (Å²) in [5.41, 5.74) is 0.409. The van der Waals surface area contributed by atoms with E-state index in [0.717, 1.165) is 12.0 Å². The van der Waals surface area contributed by atoms with E-state index in [0.29, 0.717) is 25.9 Å². The molecule has 2 rings (SSSR count). The Bertz CT molecular complexity index is 615. The first-order chi connectivity index (χ1) is 12.7. The maximum absolute atomic E-state index is 12.2. The first kappa shape index (κ1) is 21.2. The molecule has 150 valence electrons. The minimum absolute atomic E-state index is 0.0656. The largest absolute Gasteiger partial charge is 0.444 e. The average molecular weight is 377 g/mol. The monoisotopic (exact) mass is 377 g/mol. The minimum Gasteiger partial charge on any atom is -0.444 e.